The molecule has 0 atom stereocenters. The van der Waals surface area contributed by atoms with Crippen molar-refractivity contribution in [2.24, 2.45) is 7.05 Å². The molecule has 0 unspecified atom stereocenters. The molecule has 7 nitrogen and oxygen atoms in total. The first-order valence-corrected chi connectivity index (χ1v) is 9.85. The first kappa shape index (κ1) is 18.7. The van der Waals surface area contributed by atoms with Crippen molar-refractivity contribution in [3.05, 3.63) is 90.4 Å². The van der Waals surface area contributed by atoms with E-state index in [-0.39, 0.29) is 5.91 Å². The van der Waals surface area contributed by atoms with Crippen LogP contribution in [0.4, 0.5) is 0 Å². The zero-order chi connectivity index (χ0) is 21.2. The quantitative estimate of drug-likeness (QED) is 0.470. The number of rotatable bonds is 5. The lowest BCUT2D eigenvalue weighted by Gasteiger charge is -2.09. The molecule has 0 aliphatic carbocycles. The van der Waals surface area contributed by atoms with Crippen LogP contribution in [0.1, 0.15) is 15.9 Å². The van der Waals surface area contributed by atoms with Gasteiger partial charge < -0.3 is 9.84 Å². The lowest BCUT2D eigenvalue weighted by Crippen LogP contribution is -2.23. The van der Waals surface area contributed by atoms with E-state index in [0.29, 0.717) is 23.4 Å². The molecule has 0 saturated carbocycles. The Hall–Kier alpha value is -4.26. The summed E-state index contributed by atoms with van der Waals surface area (Å²) in [5.41, 5.74) is 4.79. The standard InChI is InChI=1S/C24H19N5O2/c1-29-15-19(14-27-29)22-18(8-5-11-25-22)13-26-24(30)17-9-10-21-20(12-17)23(31-28-21)16-6-3-2-4-7-16/h2-12,14-15H,13H2,1H3,(H,26,30). The van der Waals surface area contributed by atoms with Crippen LogP contribution in [-0.4, -0.2) is 25.8 Å². The minimum absolute atomic E-state index is 0.178. The third-order valence-electron chi connectivity index (χ3n) is 5.08. The van der Waals surface area contributed by atoms with Crippen LogP contribution in [0.25, 0.3) is 33.5 Å². The van der Waals surface area contributed by atoms with E-state index in [9.17, 15) is 4.79 Å². The molecule has 0 bridgehead atoms. The molecule has 5 rings (SSSR count). The Labute approximate surface area is 178 Å². The Morgan fingerprint density at radius 3 is 2.74 bits per heavy atom. The second-order valence-corrected chi connectivity index (χ2v) is 7.21. The molecule has 152 valence electrons. The molecule has 31 heavy (non-hydrogen) atoms. The molecular weight excluding hydrogens is 390 g/mol. The smallest absolute Gasteiger partial charge is 0.251 e. The number of hydrogen-bond donors (Lipinski definition) is 1. The molecule has 1 N–H and O–H groups in total. The maximum atomic E-state index is 12.9. The van der Waals surface area contributed by atoms with Crippen molar-refractivity contribution in [2.45, 2.75) is 6.54 Å². The molecular formula is C24H19N5O2. The zero-order valence-electron chi connectivity index (χ0n) is 16.8. The van der Waals surface area contributed by atoms with Crippen LogP contribution in [0, 0.1) is 0 Å². The lowest BCUT2D eigenvalue weighted by atomic mass is 10.1. The van der Waals surface area contributed by atoms with Gasteiger partial charge in [0.15, 0.2) is 5.76 Å². The Bertz CT molecular complexity index is 1370. The van der Waals surface area contributed by atoms with Crippen LogP contribution in [0.3, 0.4) is 0 Å². The van der Waals surface area contributed by atoms with E-state index in [4.69, 9.17) is 4.52 Å². The zero-order valence-corrected chi connectivity index (χ0v) is 16.8. The van der Waals surface area contributed by atoms with E-state index < -0.39 is 0 Å². The van der Waals surface area contributed by atoms with Crippen molar-refractivity contribution in [3.8, 4) is 22.6 Å². The fourth-order valence-electron chi connectivity index (χ4n) is 3.54. The van der Waals surface area contributed by atoms with Crippen molar-refractivity contribution in [3.63, 3.8) is 0 Å². The van der Waals surface area contributed by atoms with Gasteiger partial charge in [-0.25, -0.2) is 0 Å². The van der Waals surface area contributed by atoms with Gasteiger partial charge >= 0.3 is 0 Å². The first-order chi connectivity index (χ1) is 15.2. The van der Waals surface area contributed by atoms with Crippen LogP contribution in [0.15, 0.2) is 83.8 Å². The highest BCUT2D eigenvalue weighted by Gasteiger charge is 2.15. The number of benzene rings is 2. The predicted molar refractivity (Wildman–Crippen MR) is 117 cm³/mol. The molecule has 5 aromatic rings. The lowest BCUT2D eigenvalue weighted by molar-refractivity contribution is 0.0951. The number of aromatic nitrogens is 4. The number of nitrogens with zero attached hydrogens (tertiary/aromatic N) is 4. The summed E-state index contributed by atoms with van der Waals surface area (Å²) < 4.78 is 7.26. The largest absolute Gasteiger partial charge is 0.355 e. The number of fused-ring (bicyclic) bond motifs is 1. The minimum atomic E-state index is -0.178. The second-order valence-electron chi connectivity index (χ2n) is 7.21. The highest BCUT2D eigenvalue weighted by molar-refractivity contribution is 6.01. The average Bonchev–Trinajstić information content (AvgIpc) is 3.44. The van der Waals surface area contributed by atoms with Gasteiger partial charge in [-0.3, -0.25) is 14.5 Å². The van der Waals surface area contributed by atoms with Crippen molar-refractivity contribution in [2.75, 3.05) is 0 Å². The topological polar surface area (TPSA) is 85.8 Å². The summed E-state index contributed by atoms with van der Waals surface area (Å²) in [6, 6.07) is 18.9. The van der Waals surface area contributed by atoms with Crippen LogP contribution in [0.2, 0.25) is 0 Å². The molecule has 0 radical (unpaired) electrons. The third-order valence-corrected chi connectivity index (χ3v) is 5.08. The van der Waals surface area contributed by atoms with Gasteiger partial charge in [0.1, 0.15) is 5.52 Å². The molecule has 0 aliphatic heterocycles. The Balaban J connectivity index is 1.39. The van der Waals surface area contributed by atoms with E-state index in [1.807, 2.05) is 61.8 Å². The number of hydrogen-bond acceptors (Lipinski definition) is 5. The van der Waals surface area contributed by atoms with Crippen molar-refractivity contribution < 1.29 is 9.32 Å². The number of aryl methyl sites for hydroxylation is 1. The van der Waals surface area contributed by atoms with Crippen LogP contribution in [-0.2, 0) is 13.6 Å². The molecule has 0 fully saturated rings. The van der Waals surface area contributed by atoms with Crippen LogP contribution >= 0.6 is 0 Å². The average molecular weight is 409 g/mol. The normalized spacial score (nSPS) is 11.0. The van der Waals surface area contributed by atoms with Gasteiger partial charge in [0, 0.05) is 42.7 Å². The molecule has 2 aromatic carbocycles. The van der Waals surface area contributed by atoms with Gasteiger partial charge in [0.2, 0.25) is 0 Å². The first-order valence-electron chi connectivity index (χ1n) is 9.85. The Kier molecular flexibility index (Phi) is 4.76. The van der Waals surface area contributed by atoms with Gasteiger partial charge in [0.25, 0.3) is 5.91 Å². The van der Waals surface area contributed by atoms with E-state index in [2.05, 4.69) is 20.6 Å². The molecule has 0 spiro atoms. The van der Waals surface area contributed by atoms with Crippen molar-refractivity contribution in [1.29, 1.82) is 0 Å². The summed E-state index contributed by atoms with van der Waals surface area (Å²) in [6.45, 7) is 0.351. The van der Waals surface area contributed by atoms with Gasteiger partial charge in [-0.1, -0.05) is 41.6 Å². The van der Waals surface area contributed by atoms with Gasteiger partial charge in [0.05, 0.1) is 17.3 Å². The molecule has 3 heterocycles. The monoisotopic (exact) mass is 409 g/mol. The summed E-state index contributed by atoms with van der Waals surface area (Å²) in [5, 5.41) is 12.1. The predicted octanol–water partition coefficient (Wildman–Crippen LogP) is 4.22. The molecule has 0 aliphatic rings. The number of carbonyl (C=O) groups excluding carboxylic acids is 1. The maximum absolute atomic E-state index is 12.9. The third kappa shape index (κ3) is 3.69. The summed E-state index contributed by atoms with van der Waals surface area (Å²) in [6.07, 6.45) is 5.40. The van der Waals surface area contributed by atoms with E-state index >= 15 is 0 Å². The fraction of sp³-hybridized carbons (Fsp3) is 0.0833. The Morgan fingerprint density at radius 1 is 1.06 bits per heavy atom. The summed E-state index contributed by atoms with van der Waals surface area (Å²) in [7, 11) is 1.86. The van der Waals surface area contributed by atoms with Crippen molar-refractivity contribution >= 4 is 16.8 Å². The molecule has 0 saturated heterocycles. The SMILES string of the molecule is Cn1cc(-c2ncccc2CNC(=O)c2ccc3noc(-c4ccccc4)c3c2)cn1. The molecule has 3 aromatic heterocycles. The van der Waals surface area contributed by atoms with Gasteiger partial charge in [-0.05, 0) is 29.8 Å². The summed E-state index contributed by atoms with van der Waals surface area (Å²) >= 11 is 0. The minimum Gasteiger partial charge on any atom is -0.355 e. The molecule has 1 amide bonds. The highest BCUT2D eigenvalue weighted by Crippen LogP contribution is 2.29. The van der Waals surface area contributed by atoms with Crippen LogP contribution < -0.4 is 5.32 Å². The van der Waals surface area contributed by atoms with Gasteiger partial charge in [-0.15, -0.1) is 0 Å². The van der Waals surface area contributed by atoms with Crippen molar-refractivity contribution in [1.82, 2.24) is 25.2 Å². The number of nitrogens with one attached hydrogen (secondary N) is 1. The number of carbonyl (C=O) groups is 1. The number of pyridine rings is 1. The maximum Gasteiger partial charge on any atom is 0.251 e. The Morgan fingerprint density at radius 2 is 1.94 bits per heavy atom. The number of amides is 1. The van der Waals surface area contributed by atoms with Crippen LogP contribution in [0.5, 0.6) is 0 Å². The summed E-state index contributed by atoms with van der Waals surface area (Å²) in [4.78, 5) is 17.4. The second kappa shape index (κ2) is 7.87. The molecule has 7 heteroatoms. The van der Waals surface area contributed by atoms with E-state index in [1.54, 1.807) is 29.2 Å². The van der Waals surface area contributed by atoms with E-state index in [0.717, 1.165) is 27.8 Å². The summed E-state index contributed by atoms with van der Waals surface area (Å²) in [5.74, 6) is 0.472. The van der Waals surface area contributed by atoms with E-state index in [1.165, 1.54) is 0 Å². The van der Waals surface area contributed by atoms with Gasteiger partial charge in [-0.2, -0.15) is 5.10 Å². The highest BCUT2D eigenvalue weighted by atomic mass is 16.5. The fourth-order valence-corrected chi connectivity index (χ4v) is 3.54.